The molecule has 0 amide bonds. The Morgan fingerprint density at radius 1 is 0.339 bits per heavy atom. The summed E-state index contributed by atoms with van der Waals surface area (Å²) in [5, 5.41) is 11.3. The maximum Gasteiger partial charge on any atom is 0.188 e. The molecular formula is C54H37NOSSi2. The van der Waals surface area contributed by atoms with Gasteiger partial charge in [-0.1, -0.05) is 188 Å². The molecule has 0 N–H and O–H groups in total. The summed E-state index contributed by atoms with van der Waals surface area (Å²) in [5.41, 5.74) is 5.94. The van der Waals surface area contributed by atoms with Crippen LogP contribution in [-0.2, 0) is 0 Å². The van der Waals surface area contributed by atoms with Gasteiger partial charge in [0, 0.05) is 15.5 Å². The third-order valence-electron chi connectivity index (χ3n) is 12.7. The average Bonchev–Trinajstić information content (AvgIpc) is 3.31. The highest BCUT2D eigenvalue weighted by molar-refractivity contribution is 7.99. The van der Waals surface area contributed by atoms with Gasteiger partial charge in [-0.15, -0.1) is 0 Å². The largest absolute Gasteiger partial charge is 0.458 e. The first kappa shape index (κ1) is 34.4. The molecule has 0 bridgehead atoms. The van der Waals surface area contributed by atoms with E-state index in [9.17, 15) is 0 Å². The van der Waals surface area contributed by atoms with E-state index in [1.165, 1.54) is 73.8 Å². The van der Waals surface area contributed by atoms with Crippen LogP contribution < -0.4 is 51.1 Å². The summed E-state index contributed by atoms with van der Waals surface area (Å²) in [6, 6.07) is 84.0. The molecular weight excluding hydrogens is 767 g/mol. The standard InChI is InChI=1S/C54H37NOSSi2/c1-3-17-41(18-4-1)58(42-19-5-2-6-20-42)50-27-13-15-29-52(50)59(53-30-16-14-28-51(53)58)49-26-12-9-23-45(49)56-46-36-33-39(37-54(46)59)38-31-34-40(35-32-38)55-43-21-7-10-24-47(43)57-48-25-11-8-22-44(48)55/h1-37H. The lowest BCUT2D eigenvalue weighted by Gasteiger charge is -2.50. The van der Waals surface area contributed by atoms with Crippen LogP contribution >= 0.6 is 11.8 Å². The molecule has 0 fully saturated rings. The summed E-state index contributed by atoms with van der Waals surface area (Å²) in [7, 11) is -5.78. The first-order valence-corrected chi connectivity index (χ1v) is 25.1. The Morgan fingerprint density at radius 2 is 0.780 bits per heavy atom. The van der Waals surface area contributed by atoms with E-state index in [0.29, 0.717) is 0 Å². The van der Waals surface area contributed by atoms with Crippen LogP contribution in [0.3, 0.4) is 0 Å². The second-order valence-electron chi connectivity index (χ2n) is 15.6. The predicted octanol–water partition coefficient (Wildman–Crippen LogP) is 8.46. The summed E-state index contributed by atoms with van der Waals surface area (Å²) < 4.78 is 6.95. The Morgan fingerprint density at radius 3 is 1.36 bits per heavy atom. The average molecular weight is 804 g/mol. The molecule has 278 valence electrons. The van der Waals surface area contributed by atoms with Crippen molar-refractivity contribution in [1.82, 2.24) is 0 Å². The van der Waals surface area contributed by atoms with Crippen molar-refractivity contribution in [2.45, 2.75) is 9.79 Å². The summed E-state index contributed by atoms with van der Waals surface area (Å²) in [6.07, 6.45) is 0. The minimum atomic E-state index is -2.99. The van der Waals surface area contributed by atoms with Crippen LogP contribution in [0.25, 0.3) is 11.1 Å². The van der Waals surface area contributed by atoms with Gasteiger partial charge in [0.05, 0.1) is 11.4 Å². The number of rotatable bonds is 4. The molecule has 59 heavy (non-hydrogen) atoms. The van der Waals surface area contributed by atoms with Gasteiger partial charge in [-0.25, -0.2) is 0 Å². The van der Waals surface area contributed by atoms with E-state index >= 15 is 0 Å². The number of hydrogen-bond donors (Lipinski definition) is 0. The molecule has 9 aromatic rings. The highest BCUT2D eigenvalue weighted by atomic mass is 32.2. The van der Waals surface area contributed by atoms with Crippen LogP contribution in [0.15, 0.2) is 234 Å². The molecule has 1 spiro atoms. The lowest BCUT2D eigenvalue weighted by molar-refractivity contribution is 0.487. The van der Waals surface area contributed by atoms with Gasteiger partial charge in [0.15, 0.2) is 16.1 Å². The van der Waals surface area contributed by atoms with Gasteiger partial charge in [-0.2, -0.15) is 0 Å². The first-order valence-electron chi connectivity index (χ1n) is 20.3. The lowest BCUT2D eigenvalue weighted by Crippen LogP contribution is -2.93. The fourth-order valence-corrected chi connectivity index (χ4v) is 23.7. The van der Waals surface area contributed by atoms with Crippen LogP contribution in [-0.4, -0.2) is 16.1 Å². The van der Waals surface area contributed by atoms with Crippen LogP contribution in [0, 0.1) is 0 Å². The van der Waals surface area contributed by atoms with Crippen LogP contribution in [0.2, 0.25) is 0 Å². The number of fused-ring (bicyclic) bond motifs is 10. The van der Waals surface area contributed by atoms with Gasteiger partial charge in [0.25, 0.3) is 0 Å². The molecule has 3 heterocycles. The van der Waals surface area contributed by atoms with Crippen molar-refractivity contribution in [3.63, 3.8) is 0 Å². The number of para-hydroxylation sites is 3. The van der Waals surface area contributed by atoms with Gasteiger partial charge in [0.1, 0.15) is 11.5 Å². The number of nitrogens with zero attached hydrogens (tertiary/aromatic N) is 1. The van der Waals surface area contributed by atoms with Gasteiger partial charge in [0.2, 0.25) is 0 Å². The third-order valence-corrected chi connectivity index (χ3v) is 24.1. The van der Waals surface area contributed by atoms with E-state index in [1.54, 1.807) is 0 Å². The monoisotopic (exact) mass is 803 g/mol. The van der Waals surface area contributed by atoms with Gasteiger partial charge in [-0.3, -0.25) is 0 Å². The van der Waals surface area contributed by atoms with E-state index in [1.807, 2.05) is 11.8 Å². The number of anilines is 3. The molecule has 3 aliphatic heterocycles. The number of benzene rings is 9. The Labute approximate surface area is 351 Å². The maximum absolute atomic E-state index is 6.95. The smallest absolute Gasteiger partial charge is 0.188 e. The minimum absolute atomic E-state index is 0.952. The summed E-state index contributed by atoms with van der Waals surface area (Å²) in [4.78, 5) is 4.93. The zero-order valence-corrected chi connectivity index (χ0v) is 34.9. The SMILES string of the molecule is c1ccc([Si]2(c3ccccc3)c3ccccc3[Si]3(c4ccccc4Oc4ccc(-c5ccc(N6c7ccccc7Sc7ccccc76)cc5)cc43)c3ccccc32)cc1. The maximum atomic E-state index is 6.95. The van der Waals surface area contributed by atoms with E-state index in [-0.39, 0.29) is 0 Å². The molecule has 0 atom stereocenters. The van der Waals surface area contributed by atoms with Gasteiger partial charge in [-0.05, 0) is 101 Å². The zero-order valence-electron chi connectivity index (χ0n) is 32.1. The normalized spacial score (nSPS) is 14.7. The van der Waals surface area contributed by atoms with Crippen molar-refractivity contribution in [3.05, 3.63) is 224 Å². The summed E-state index contributed by atoms with van der Waals surface area (Å²) in [6.45, 7) is 0. The van der Waals surface area contributed by atoms with Crippen LogP contribution in [0.4, 0.5) is 17.1 Å². The lowest BCUT2D eigenvalue weighted by atomic mass is 10.0. The van der Waals surface area contributed by atoms with Crippen molar-refractivity contribution < 1.29 is 4.74 Å². The first-order chi connectivity index (χ1) is 29.3. The fraction of sp³-hybridized carbons (Fsp3) is 0. The molecule has 5 heteroatoms. The van der Waals surface area contributed by atoms with E-state index < -0.39 is 16.1 Å². The number of hydrogen-bond acceptors (Lipinski definition) is 3. The van der Waals surface area contributed by atoms with Crippen molar-refractivity contribution in [3.8, 4) is 22.6 Å². The molecule has 3 aliphatic rings. The Balaban J connectivity index is 1.09. The molecule has 9 aromatic carbocycles. The van der Waals surface area contributed by atoms with Crippen molar-refractivity contribution >= 4 is 86.5 Å². The molecule has 0 saturated heterocycles. The third kappa shape index (κ3) is 4.93. The molecule has 0 aromatic heterocycles. The molecule has 0 aliphatic carbocycles. The topological polar surface area (TPSA) is 12.5 Å². The minimum Gasteiger partial charge on any atom is -0.458 e. The molecule has 0 radical (unpaired) electrons. The van der Waals surface area contributed by atoms with Crippen LogP contribution in [0.5, 0.6) is 11.5 Å². The Kier molecular flexibility index (Phi) is 7.85. The van der Waals surface area contributed by atoms with Crippen molar-refractivity contribution in [2.75, 3.05) is 4.90 Å². The summed E-state index contributed by atoms with van der Waals surface area (Å²) >= 11 is 1.84. The Hall–Kier alpha value is -6.64. The van der Waals surface area contributed by atoms with Gasteiger partial charge < -0.3 is 9.64 Å². The Bertz CT molecular complexity index is 2940. The zero-order chi connectivity index (χ0) is 39.0. The molecule has 0 unspecified atom stereocenters. The molecule has 0 saturated carbocycles. The number of ether oxygens (including phenoxy) is 1. The quantitative estimate of drug-likeness (QED) is 0.166. The predicted molar refractivity (Wildman–Crippen MR) is 252 cm³/mol. The van der Waals surface area contributed by atoms with Crippen molar-refractivity contribution in [1.29, 1.82) is 0 Å². The van der Waals surface area contributed by atoms with E-state index in [2.05, 4.69) is 229 Å². The highest BCUT2D eigenvalue weighted by Crippen LogP contribution is 2.51. The fourth-order valence-electron chi connectivity index (χ4n) is 10.3. The van der Waals surface area contributed by atoms with E-state index in [4.69, 9.17) is 4.74 Å². The van der Waals surface area contributed by atoms with Crippen molar-refractivity contribution in [2.24, 2.45) is 0 Å². The van der Waals surface area contributed by atoms with Crippen LogP contribution in [0.1, 0.15) is 0 Å². The molecule has 2 nitrogen and oxygen atoms in total. The van der Waals surface area contributed by atoms with Gasteiger partial charge >= 0.3 is 0 Å². The highest BCUT2D eigenvalue weighted by Gasteiger charge is 2.59. The molecule has 12 rings (SSSR count). The summed E-state index contributed by atoms with van der Waals surface area (Å²) in [5.74, 6) is 1.91. The van der Waals surface area contributed by atoms with E-state index in [0.717, 1.165) is 17.2 Å². The second-order valence-corrected chi connectivity index (χ2v) is 24.0. The second kappa shape index (κ2) is 13.5.